The number of amides is 1. The van der Waals surface area contributed by atoms with Crippen LogP contribution in [-0.2, 0) is 4.74 Å². The fourth-order valence-electron chi connectivity index (χ4n) is 2.84. The van der Waals surface area contributed by atoms with Crippen molar-refractivity contribution >= 4 is 17.7 Å². The number of rotatable bonds is 3. The van der Waals surface area contributed by atoms with E-state index in [1.165, 1.54) is 4.90 Å². The standard InChI is InChI=1S/C19H25ClN2O3/c1-6-13-7-8-15(16(20)9-13)12(2)21-17-10-14(23)11-22(17)18(24)25-19(3,4)5/h1,7-9,12,14,17,21,23H,10-11H2,2-5H3. The lowest BCUT2D eigenvalue weighted by Gasteiger charge is -2.30. The highest BCUT2D eigenvalue weighted by Gasteiger charge is 2.37. The van der Waals surface area contributed by atoms with Crippen LogP contribution in [0.5, 0.6) is 0 Å². The number of carbonyl (C=O) groups is 1. The second-order valence-electron chi connectivity index (χ2n) is 7.31. The Morgan fingerprint density at radius 3 is 2.76 bits per heavy atom. The highest BCUT2D eigenvalue weighted by Crippen LogP contribution is 2.27. The number of nitrogens with zero attached hydrogens (tertiary/aromatic N) is 1. The Hall–Kier alpha value is -1.74. The minimum atomic E-state index is -0.588. The molecule has 1 aliphatic heterocycles. The number of hydrogen-bond acceptors (Lipinski definition) is 4. The number of halogens is 1. The minimum absolute atomic E-state index is 0.125. The van der Waals surface area contributed by atoms with Crippen LogP contribution in [-0.4, -0.2) is 40.5 Å². The molecule has 1 heterocycles. The maximum absolute atomic E-state index is 12.4. The first kappa shape index (κ1) is 19.6. The first-order valence-electron chi connectivity index (χ1n) is 8.30. The van der Waals surface area contributed by atoms with Gasteiger partial charge in [-0.3, -0.25) is 10.2 Å². The van der Waals surface area contributed by atoms with Crippen LogP contribution in [0.4, 0.5) is 4.79 Å². The van der Waals surface area contributed by atoms with E-state index < -0.39 is 17.8 Å². The maximum Gasteiger partial charge on any atom is 0.411 e. The Morgan fingerprint density at radius 2 is 2.20 bits per heavy atom. The summed E-state index contributed by atoms with van der Waals surface area (Å²) in [4.78, 5) is 13.9. The molecule has 0 aromatic heterocycles. The number of benzene rings is 1. The van der Waals surface area contributed by atoms with E-state index in [0.29, 0.717) is 17.0 Å². The van der Waals surface area contributed by atoms with E-state index in [9.17, 15) is 9.90 Å². The molecule has 1 aromatic rings. The van der Waals surface area contributed by atoms with Gasteiger partial charge in [-0.1, -0.05) is 23.6 Å². The van der Waals surface area contributed by atoms with Gasteiger partial charge in [0.05, 0.1) is 18.8 Å². The molecule has 1 amide bonds. The molecule has 3 atom stereocenters. The molecule has 1 saturated heterocycles. The molecule has 0 aliphatic carbocycles. The monoisotopic (exact) mass is 364 g/mol. The molecule has 2 N–H and O–H groups in total. The molecule has 1 aromatic carbocycles. The van der Waals surface area contributed by atoms with Crippen molar-refractivity contribution in [2.75, 3.05) is 6.54 Å². The summed E-state index contributed by atoms with van der Waals surface area (Å²) in [7, 11) is 0. The first-order valence-corrected chi connectivity index (χ1v) is 8.68. The maximum atomic E-state index is 12.4. The summed E-state index contributed by atoms with van der Waals surface area (Å²) in [5.41, 5.74) is 1.01. The molecule has 6 heteroatoms. The molecule has 1 aliphatic rings. The van der Waals surface area contributed by atoms with Gasteiger partial charge in [-0.2, -0.15) is 0 Å². The average molecular weight is 365 g/mol. The van der Waals surface area contributed by atoms with Crippen molar-refractivity contribution in [2.45, 2.75) is 58.0 Å². The molecule has 2 rings (SSSR count). The third kappa shape index (κ3) is 5.12. The summed E-state index contributed by atoms with van der Waals surface area (Å²) in [5, 5.41) is 13.9. The lowest BCUT2D eigenvalue weighted by atomic mass is 10.1. The number of hydrogen-bond donors (Lipinski definition) is 2. The highest BCUT2D eigenvalue weighted by molar-refractivity contribution is 6.31. The molecule has 1 fully saturated rings. The Labute approximate surface area is 154 Å². The van der Waals surface area contributed by atoms with Crippen molar-refractivity contribution in [3.8, 4) is 12.3 Å². The van der Waals surface area contributed by atoms with E-state index in [0.717, 1.165) is 5.56 Å². The van der Waals surface area contributed by atoms with Gasteiger partial charge in [0, 0.05) is 23.0 Å². The summed E-state index contributed by atoms with van der Waals surface area (Å²) in [6.07, 6.45) is 4.46. The van der Waals surface area contributed by atoms with Crippen molar-refractivity contribution in [1.82, 2.24) is 10.2 Å². The second-order valence-corrected chi connectivity index (χ2v) is 7.71. The molecule has 25 heavy (non-hydrogen) atoms. The Bertz CT molecular complexity index is 678. The topological polar surface area (TPSA) is 61.8 Å². The number of β-amino-alcohol motifs (C(OH)–C–C–N with tert-alkyl or cyclic N) is 1. The summed E-state index contributed by atoms with van der Waals surface area (Å²) in [6.45, 7) is 7.64. The van der Waals surface area contributed by atoms with Gasteiger partial charge in [-0.25, -0.2) is 4.79 Å². The second kappa shape index (κ2) is 7.65. The average Bonchev–Trinajstić information content (AvgIpc) is 2.85. The first-order chi connectivity index (χ1) is 11.6. The number of nitrogens with one attached hydrogen (secondary N) is 1. The van der Waals surface area contributed by atoms with Crippen molar-refractivity contribution in [3.05, 3.63) is 34.3 Å². The van der Waals surface area contributed by atoms with Crippen LogP contribution in [0.2, 0.25) is 5.02 Å². The molecule has 5 nitrogen and oxygen atoms in total. The van der Waals surface area contributed by atoms with Gasteiger partial charge in [0.15, 0.2) is 0 Å². The lowest BCUT2D eigenvalue weighted by Crippen LogP contribution is -2.47. The molecule has 3 unspecified atom stereocenters. The fraction of sp³-hybridized carbons (Fsp3) is 0.526. The predicted molar refractivity (Wildman–Crippen MR) is 98.3 cm³/mol. The fourth-order valence-corrected chi connectivity index (χ4v) is 3.18. The summed E-state index contributed by atoms with van der Waals surface area (Å²) < 4.78 is 5.43. The SMILES string of the molecule is C#Cc1ccc(C(C)NC2CC(O)CN2C(=O)OC(C)(C)C)c(Cl)c1. The molecule has 0 spiro atoms. The van der Waals surface area contributed by atoms with Crippen molar-refractivity contribution in [2.24, 2.45) is 0 Å². The van der Waals surface area contributed by atoms with E-state index in [4.69, 9.17) is 22.8 Å². The van der Waals surface area contributed by atoms with Gasteiger partial charge in [0.25, 0.3) is 0 Å². The Morgan fingerprint density at radius 1 is 1.52 bits per heavy atom. The number of terminal acetylenes is 1. The van der Waals surface area contributed by atoms with Crippen LogP contribution in [0.15, 0.2) is 18.2 Å². The molecule has 136 valence electrons. The number of likely N-dealkylation sites (tertiary alicyclic amines) is 1. The van der Waals surface area contributed by atoms with Crippen LogP contribution in [0.3, 0.4) is 0 Å². The number of ether oxygens (including phenoxy) is 1. The molecular weight excluding hydrogens is 340 g/mol. The quantitative estimate of drug-likeness (QED) is 0.808. The van der Waals surface area contributed by atoms with Crippen molar-refractivity contribution in [3.63, 3.8) is 0 Å². The number of carbonyl (C=O) groups excluding carboxylic acids is 1. The van der Waals surface area contributed by atoms with Gasteiger partial charge >= 0.3 is 6.09 Å². The van der Waals surface area contributed by atoms with Crippen LogP contribution < -0.4 is 5.32 Å². The van der Waals surface area contributed by atoms with E-state index >= 15 is 0 Å². The summed E-state index contributed by atoms with van der Waals surface area (Å²) in [6, 6.07) is 5.32. The van der Waals surface area contributed by atoms with Gasteiger partial charge in [0.1, 0.15) is 5.60 Å². The van der Waals surface area contributed by atoms with Crippen LogP contribution in [0.25, 0.3) is 0 Å². The number of aliphatic hydroxyl groups is 1. The lowest BCUT2D eigenvalue weighted by molar-refractivity contribution is 0.0176. The summed E-state index contributed by atoms with van der Waals surface area (Å²) in [5.74, 6) is 2.55. The van der Waals surface area contributed by atoms with Gasteiger partial charge in [-0.05, 0) is 45.4 Å². The highest BCUT2D eigenvalue weighted by atomic mass is 35.5. The van der Waals surface area contributed by atoms with Crippen LogP contribution in [0.1, 0.15) is 51.3 Å². The molecule has 0 radical (unpaired) electrons. The van der Waals surface area contributed by atoms with Gasteiger partial charge < -0.3 is 9.84 Å². The molecule has 0 saturated carbocycles. The van der Waals surface area contributed by atoms with Crippen LogP contribution >= 0.6 is 11.6 Å². The van der Waals surface area contributed by atoms with E-state index in [1.807, 2.05) is 39.8 Å². The zero-order valence-electron chi connectivity index (χ0n) is 15.0. The van der Waals surface area contributed by atoms with Crippen molar-refractivity contribution in [1.29, 1.82) is 0 Å². The van der Waals surface area contributed by atoms with Gasteiger partial charge in [0.2, 0.25) is 0 Å². The summed E-state index contributed by atoms with van der Waals surface area (Å²) >= 11 is 6.31. The van der Waals surface area contributed by atoms with Crippen LogP contribution in [0, 0.1) is 12.3 Å². The number of aliphatic hydroxyl groups excluding tert-OH is 1. The molecular formula is C19H25ClN2O3. The smallest absolute Gasteiger partial charge is 0.411 e. The zero-order valence-corrected chi connectivity index (χ0v) is 15.8. The Balaban J connectivity index is 2.11. The third-order valence-electron chi connectivity index (χ3n) is 3.98. The molecule has 0 bridgehead atoms. The largest absolute Gasteiger partial charge is 0.444 e. The predicted octanol–water partition coefficient (Wildman–Crippen LogP) is 3.30. The van der Waals surface area contributed by atoms with E-state index in [2.05, 4.69) is 11.2 Å². The minimum Gasteiger partial charge on any atom is -0.444 e. The van der Waals surface area contributed by atoms with Gasteiger partial charge in [-0.15, -0.1) is 6.42 Å². The zero-order chi connectivity index (χ0) is 18.8. The van der Waals surface area contributed by atoms with E-state index in [-0.39, 0.29) is 18.8 Å². The Kier molecular flexibility index (Phi) is 5.99. The third-order valence-corrected chi connectivity index (χ3v) is 4.31. The van der Waals surface area contributed by atoms with Crippen molar-refractivity contribution < 1.29 is 14.6 Å². The van der Waals surface area contributed by atoms with E-state index in [1.54, 1.807) is 6.07 Å². The normalized spacial score (nSPS) is 21.7.